The summed E-state index contributed by atoms with van der Waals surface area (Å²) in [6, 6.07) is 11.5. The van der Waals surface area contributed by atoms with E-state index in [9.17, 15) is 0 Å². The second kappa shape index (κ2) is 7.94. The molecule has 1 saturated heterocycles. The molecule has 2 fully saturated rings. The smallest absolute Gasteiger partial charge is 0.0167 e. The lowest BCUT2D eigenvalue weighted by Crippen LogP contribution is -2.51. The van der Waals surface area contributed by atoms with Crippen LogP contribution < -0.4 is 0 Å². The molecule has 1 heterocycles. The molecule has 1 aromatic carbocycles. The van der Waals surface area contributed by atoms with E-state index in [2.05, 4.69) is 59.2 Å². The Bertz CT molecular complexity index is 460. The molecule has 3 rings (SSSR count). The molecular formula is C20H30N2. The molecule has 0 amide bonds. The van der Waals surface area contributed by atoms with Crippen molar-refractivity contribution >= 4 is 6.08 Å². The third-order valence-electron chi connectivity index (χ3n) is 5.31. The molecule has 0 spiro atoms. The van der Waals surface area contributed by atoms with Crippen LogP contribution in [0.15, 0.2) is 36.4 Å². The van der Waals surface area contributed by atoms with Gasteiger partial charge >= 0.3 is 0 Å². The standard InChI is InChI=1S/C20H30N2/c1-18-7-5-11-20(17-18)22-15-13-21(14-16-22)12-6-10-19-8-3-2-4-9-19/h2-4,6,8-10,18,20H,5,7,11-17H2,1H3/b10-6+/t18-,20-/m0/s1. The highest BCUT2D eigenvalue weighted by Crippen LogP contribution is 2.27. The molecule has 1 aromatic rings. The predicted octanol–water partition coefficient (Wildman–Crippen LogP) is 3.90. The van der Waals surface area contributed by atoms with Gasteiger partial charge in [0.2, 0.25) is 0 Å². The van der Waals surface area contributed by atoms with Crippen LogP contribution in [0.2, 0.25) is 0 Å². The van der Waals surface area contributed by atoms with Crippen molar-refractivity contribution in [2.24, 2.45) is 5.92 Å². The minimum absolute atomic E-state index is 0.866. The SMILES string of the molecule is C[C@H]1CCC[C@H](N2CCN(C/C=C/c3ccccc3)CC2)C1. The third-order valence-corrected chi connectivity index (χ3v) is 5.31. The van der Waals surface area contributed by atoms with E-state index < -0.39 is 0 Å². The van der Waals surface area contributed by atoms with Crippen molar-refractivity contribution in [1.29, 1.82) is 0 Å². The summed E-state index contributed by atoms with van der Waals surface area (Å²) in [5, 5.41) is 0. The summed E-state index contributed by atoms with van der Waals surface area (Å²) in [7, 11) is 0. The molecule has 2 aliphatic rings. The zero-order chi connectivity index (χ0) is 15.2. The molecule has 120 valence electrons. The highest BCUT2D eigenvalue weighted by atomic mass is 15.3. The molecule has 22 heavy (non-hydrogen) atoms. The second-order valence-electron chi connectivity index (χ2n) is 7.08. The highest BCUT2D eigenvalue weighted by Gasteiger charge is 2.27. The van der Waals surface area contributed by atoms with Crippen molar-refractivity contribution in [3.63, 3.8) is 0 Å². The van der Waals surface area contributed by atoms with E-state index in [-0.39, 0.29) is 0 Å². The summed E-state index contributed by atoms with van der Waals surface area (Å²) >= 11 is 0. The first-order valence-corrected chi connectivity index (χ1v) is 8.99. The zero-order valence-electron chi connectivity index (χ0n) is 14.0. The minimum Gasteiger partial charge on any atom is -0.298 e. The Labute approximate surface area is 135 Å². The van der Waals surface area contributed by atoms with E-state index in [0.29, 0.717) is 0 Å². The van der Waals surface area contributed by atoms with E-state index in [1.807, 2.05) is 0 Å². The molecule has 2 nitrogen and oxygen atoms in total. The summed E-state index contributed by atoms with van der Waals surface area (Å²) in [6.45, 7) is 8.49. The van der Waals surface area contributed by atoms with Crippen LogP contribution in [-0.4, -0.2) is 48.6 Å². The van der Waals surface area contributed by atoms with Gasteiger partial charge in [-0.1, -0.05) is 62.2 Å². The monoisotopic (exact) mass is 298 g/mol. The first-order chi connectivity index (χ1) is 10.8. The Morgan fingerprint density at radius 3 is 2.55 bits per heavy atom. The number of hydrogen-bond acceptors (Lipinski definition) is 2. The number of hydrogen-bond donors (Lipinski definition) is 0. The maximum absolute atomic E-state index is 2.76. The Hall–Kier alpha value is -1.12. The Balaban J connectivity index is 1.41. The number of benzene rings is 1. The van der Waals surface area contributed by atoms with Gasteiger partial charge in [0.05, 0.1) is 0 Å². The van der Waals surface area contributed by atoms with E-state index >= 15 is 0 Å². The molecule has 0 radical (unpaired) electrons. The largest absolute Gasteiger partial charge is 0.298 e. The fourth-order valence-corrected chi connectivity index (χ4v) is 3.95. The van der Waals surface area contributed by atoms with E-state index in [1.54, 1.807) is 0 Å². The van der Waals surface area contributed by atoms with E-state index in [0.717, 1.165) is 18.5 Å². The molecule has 1 aliphatic carbocycles. The van der Waals surface area contributed by atoms with Gasteiger partial charge in [-0.3, -0.25) is 9.80 Å². The highest BCUT2D eigenvalue weighted by molar-refractivity contribution is 5.48. The molecule has 0 N–H and O–H groups in total. The summed E-state index contributed by atoms with van der Waals surface area (Å²) in [4.78, 5) is 5.34. The lowest BCUT2D eigenvalue weighted by molar-refractivity contribution is 0.0740. The summed E-state index contributed by atoms with van der Waals surface area (Å²) < 4.78 is 0. The van der Waals surface area contributed by atoms with Crippen molar-refractivity contribution in [3.8, 4) is 0 Å². The fourth-order valence-electron chi connectivity index (χ4n) is 3.95. The Morgan fingerprint density at radius 2 is 1.82 bits per heavy atom. The van der Waals surface area contributed by atoms with Gasteiger partial charge in [-0.05, 0) is 24.3 Å². The number of rotatable bonds is 4. The summed E-state index contributed by atoms with van der Waals surface area (Å²) in [5.41, 5.74) is 1.30. The first kappa shape index (κ1) is 15.8. The average Bonchev–Trinajstić information content (AvgIpc) is 2.56. The van der Waals surface area contributed by atoms with Crippen molar-refractivity contribution in [1.82, 2.24) is 9.80 Å². The van der Waals surface area contributed by atoms with Crippen LogP contribution >= 0.6 is 0 Å². The van der Waals surface area contributed by atoms with Gasteiger partial charge in [0.1, 0.15) is 0 Å². The Morgan fingerprint density at radius 1 is 1.05 bits per heavy atom. The van der Waals surface area contributed by atoms with Crippen LogP contribution in [0, 0.1) is 5.92 Å². The average molecular weight is 298 g/mol. The van der Waals surface area contributed by atoms with Crippen molar-refractivity contribution < 1.29 is 0 Å². The van der Waals surface area contributed by atoms with Crippen LogP contribution in [0.4, 0.5) is 0 Å². The van der Waals surface area contributed by atoms with Crippen LogP contribution in [0.1, 0.15) is 38.2 Å². The first-order valence-electron chi connectivity index (χ1n) is 8.99. The van der Waals surface area contributed by atoms with Gasteiger partial charge in [0.25, 0.3) is 0 Å². The van der Waals surface area contributed by atoms with Gasteiger partial charge in [0.15, 0.2) is 0 Å². The van der Waals surface area contributed by atoms with Crippen LogP contribution in [-0.2, 0) is 0 Å². The molecule has 1 aliphatic heterocycles. The molecule has 0 aromatic heterocycles. The normalized spacial score (nSPS) is 28.2. The molecule has 0 unspecified atom stereocenters. The lowest BCUT2D eigenvalue weighted by Gasteiger charge is -2.41. The molecular weight excluding hydrogens is 268 g/mol. The quantitative estimate of drug-likeness (QED) is 0.832. The van der Waals surface area contributed by atoms with Crippen LogP contribution in [0.5, 0.6) is 0 Å². The maximum Gasteiger partial charge on any atom is 0.0167 e. The van der Waals surface area contributed by atoms with E-state index in [4.69, 9.17) is 0 Å². The number of piperazine rings is 1. The lowest BCUT2D eigenvalue weighted by atomic mass is 9.86. The van der Waals surface area contributed by atoms with E-state index in [1.165, 1.54) is 57.4 Å². The van der Waals surface area contributed by atoms with Gasteiger partial charge < -0.3 is 0 Å². The second-order valence-corrected chi connectivity index (χ2v) is 7.08. The molecule has 0 bridgehead atoms. The molecule has 1 saturated carbocycles. The van der Waals surface area contributed by atoms with Crippen molar-refractivity contribution in [2.45, 2.75) is 38.6 Å². The Kier molecular flexibility index (Phi) is 5.69. The minimum atomic E-state index is 0.866. The van der Waals surface area contributed by atoms with Crippen molar-refractivity contribution in [2.75, 3.05) is 32.7 Å². The van der Waals surface area contributed by atoms with Crippen LogP contribution in [0.25, 0.3) is 6.08 Å². The third kappa shape index (κ3) is 4.44. The van der Waals surface area contributed by atoms with Gasteiger partial charge in [-0.2, -0.15) is 0 Å². The predicted molar refractivity (Wildman–Crippen MR) is 94.9 cm³/mol. The zero-order valence-corrected chi connectivity index (χ0v) is 14.0. The fraction of sp³-hybridized carbons (Fsp3) is 0.600. The van der Waals surface area contributed by atoms with Gasteiger partial charge in [-0.15, -0.1) is 0 Å². The summed E-state index contributed by atoms with van der Waals surface area (Å²) in [6.07, 6.45) is 10.3. The molecule has 2 heteroatoms. The molecule has 2 atom stereocenters. The topological polar surface area (TPSA) is 6.48 Å². The van der Waals surface area contributed by atoms with Crippen molar-refractivity contribution in [3.05, 3.63) is 42.0 Å². The maximum atomic E-state index is 2.76. The van der Waals surface area contributed by atoms with Gasteiger partial charge in [-0.25, -0.2) is 0 Å². The summed E-state index contributed by atoms with van der Waals surface area (Å²) in [5.74, 6) is 0.936. The van der Waals surface area contributed by atoms with Gasteiger partial charge in [0, 0.05) is 38.8 Å². The number of nitrogens with zero attached hydrogens (tertiary/aromatic N) is 2. The van der Waals surface area contributed by atoms with Crippen LogP contribution in [0.3, 0.4) is 0 Å².